The van der Waals surface area contributed by atoms with Gasteiger partial charge in [0, 0.05) is 0 Å². The van der Waals surface area contributed by atoms with E-state index in [0.717, 1.165) is 11.2 Å². The summed E-state index contributed by atoms with van der Waals surface area (Å²) in [6, 6.07) is 11.4. The fourth-order valence-electron chi connectivity index (χ4n) is 2.07. The summed E-state index contributed by atoms with van der Waals surface area (Å²) in [5.41, 5.74) is 1.81. The van der Waals surface area contributed by atoms with Gasteiger partial charge < -0.3 is 0 Å². The number of ether oxygens (including phenoxy) is 1. The first-order valence-electron chi connectivity index (χ1n) is 5.95. The Labute approximate surface area is 116 Å². The summed E-state index contributed by atoms with van der Waals surface area (Å²) in [6.07, 6.45) is 0. The number of rotatable bonds is 2. The fraction of sp³-hybridized carbons (Fsp3) is 0.133. The van der Waals surface area contributed by atoms with Crippen molar-refractivity contribution in [2.45, 2.75) is 6.92 Å². The third-order valence-corrected chi connectivity index (χ3v) is 5.21. The van der Waals surface area contributed by atoms with Gasteiger partial charge in [-0.2, -0.15) is 0 Å². The van der Waals surface area contributed by atoms with Gasteiger partial charge >= 0.3 is 116 Å². The molecule has 3 aromatic rings. The molecule has 19 heavy (non-hydrogen) atoms. The molecule has 0 radical (unpaired) electrons. The predicted molar refractivity (Wildman–Crippen MR) is 78.2 cm³/mol. The fourth-order valence-corrected chi connectivity index (χ4v) is 3.83. The SMILES string of the molecule is COc1ccc2[nH]c(-c3ccc(C)[se]3)cc(=O)c2c1. The van der Waals surface area contributed by atoms with E-state index in [9.17, 15) is 4.79 Å². The van der Waals surface area contributed by atoms with Crippen LogP contribution in [0, 0.1) is 6.92 Å². The number of pyridine rings is 1. The number of nitrogens with one attached hydrogen (secondary N) is 1. The molecular weight excluding hydrogens is 305 g/mol. The van der Waals surface area contributed by atoms with Crippen molar-refractivity contribution in [2.24, 2.45) is 0 Å². The first kappa shape index (κ1) is 12.3. The number of H-pyrrole nitrogens is 1. The number of aromatic amines is 1. The molecule has 0 aliphatic carbocycles. The van der Waals surface area contributed by atoms with Crippen molar-refractivity contribution < 1.29 is 4.74 Å². The van der Waals surface area contributed by atoms with Crippen LogP contribution in [-0.4, -0.2) is 26.6 Å². The third-order valence-electron chi connectivity index (χ3n) is 3.04. The van der Waals surface area contributed by atoms with Gasteiger partial charge in [-0.25, -0.2) is 0 Å². The van der Waals surface area contributed by atoms with E-state index in [-0.39, 0.29) is 5.43 Å². The topological polar surface area (TPSA) is 42.1 Å². The molecule has 0 amide bonds. The standard InChI is InChI=1S/C15H13NO2Se/c1-9-3-6-15(19-9)13-8-14(17)11-7-10(18-2)4-5-12(11)16-13/h3-8H,1-2H3,(H,16,17). The van der Waals surface area contributed by atoms with Gasteiger partial charge in [0.25, 0.3) is 0 Å². The Kier molecular flexibility index (Phi) is 3.05. The minimum atomic E-state index is 0.0314. The van der Waals surface area contributed by atoms with Gasteiger partial charge in [-0.3, -0.25) is 0 Å². The minimum absolute atomic E-state index is 0.0314. The van der Waals surface area contributed by atoms with E-state index in [0.29, 0.717) is 25.6 Å². The van der Waals surface area contributed by atoms with Gasteiger partial charge in [0.05, 0.1) is 0 Å². The van der Waals surface area contributed by atoms with Gasteiger partial charge in [0.2, 0.25) is 0 Å². The first-order valence-corrected chi connectivity index (χ1v) is 7.66. The maximum atomic E-state index is 12.2. The molecule has 96 valence electrons. The predicted octanol–water partition coefficient (Wildman–Crippen LogP) is 2.57. The number of benzene rings is 1. The van der Waals surface area contributed by atoms with E-state index in [4.69, 9.17) is 4.74 Å². The summed E-state index contributed by atoms with van der Waals surface area (Å²) in [6.45, 7) is 2.12. The van der Waals surface area contributed by atoms with Crippen molar-refractivity contribution in [1.29, 1.82) is 0 Å². The molecule has 0 spiro atoms. The Bertz CT molecular complexity index is 801. The van der Waals surface area contributed by atoms with Crippen LogP contribution in [0.25, 0.3) is 21.0 Å². The van der Waals surface area contributed by atoms with Gasteiger partial charge in [-0.1, -0.05) is 0 Å². The average molecular weight is 318 g/mol. The van der Waals surface area contributed by atoms with Crippen molar-refractivity contribution in [1.82, 2.24) is 4.98 Å². The second-order valence-electron chi connectivity index (χ2n) is 4.37. The van der Waals surface area contributed by atoms with Crippen LogP contribution in [0.3, 0.4) is 0 Å². The second kappa shape index (κ2) is 4.72. The summed E-state index contributed by atoms with van der Waals surface area (Å²) >= 11 is 0.323. The molecule has 0 saturated carbocycles. The molecule has 0 atom stereocenters. The van der Waals surface area contributed by atoms with Crippen LogP contribution in [-0.2, 0) is 0 Å². The van der Waals surface area contributed by atoms with E-state index in [1.807, 2.05) is 12.1 Å². The number of hydrogen-bond acceptors (Lipinski definition) is 2. The van der Waals surface area contributed by atoms with Crippen LogP contribution in [0.1, 0.15) is 4.44 Å². The molecule has 1 N–H and O–H groups in total. The Morgan fingerprint density at radius 1 is 1.16 bits per heavy atom. The Morgan fingerprint density at radius 3 is 2.68 bits per heavy atom. The van der Waals surface area contributed by atoms with Crippen LogP contribution in [0.5, 0.6) is 5.75 Å². The summed E-state index contributed by atoms with van der Waals surface area (Å²) in [4.78, 5) is 15.5. The number of aromatic nitrogens is 1. The van der Waals surface area contributed by atoms with Gasteiger partial charge in [0.1, 0.15) is 0 Å². The molecule has 4 heteroatoms. The molecule has 0 bridgehead atoms. The Morgan fingerprint density at radius 2 is 2.00 bits per heavy atom. The summed E-state index contributed by atoms with van der Waals surface area (Å²) in [7, 11) is 1.60. The summed E-state index contributed by atoms with van der Waals surface area (Å²) in [5.74, 6) is 0.701. The summed E-state index contributed by atoms with van der Waals surface area (Å²) in [5, 5.41) is 0.666. The molecule has 0 aliphatic rings. The molecule has 3 nitrogen and oxygen atoms in total. The number of hydrogen-bond donors (Lipinski definition) is 1. The molecule has 0 aliphatic heterocycles. The van der Waals surface area contributed by atoms with Crippen molar-refractivity contribution >= 4 is 25.4 Å². The Hall–Kier alpha value is -1.77. The quantitative estimate of drug-likeness (QED) is 0.738. The van der Waals surface area contributed by atoms with Crippen molar-refractivity contribution in [3.63, 3.8) is 0 Å². The van der Waals surface area contributed by atoms with Crippen LogP contribution in [0.2, 0.25) is 0 Å². The molecule has 2 aromatic heterocycles. The van der Waals surface area contributed by atoms with Crippen molar-refractivity contribution in [3.8, 4) is 15.9 Å². The van der Waals surface area contributed by atoms with Gasteiger partial charge in [0.15, 0.2) is 0 Å². The van der Waals surface area contributed by atoms with E-state index in [2.05, 4.69) is 24.0 Å². The van der Waals surface area contributed by atoms with Gasteiger partial charge in [-0.15, -0.1) is 0 Å². The molecular formula is C15H13NO2Se. The molecule has 0 unspecified atom stereocenters. The van der Waals surface area contributed by atoms with E-state index < -0.39 is 0 Å². The van der Waals surface area contributed by atoms with Crippen molar-refractivity contribution in [3.05, 3.63) is 51.1 Å². The second-order valence-corrected chi connectivity index (χ2v) is 7.07. The van der Waals surface area contributed by atoms with Gasteiger partial charge in [-0.05, 0) is 0 Å². The Balaban J connectivity index is 2.22. The van der Waals surface area contributed by atoms with Crippen molar-refractivity contribution in [2.75, 3.05) is 7.11 Å². The molecule has 0 saturated heterocycles. The zero-order valence-corrected chi connectivity index (χ0v) is 12.4. The molecule has 0 fully saturated rings. The molecule has 1 aromatic carbocycles. The monoisotopic (exact) mass is 319 g/mol. The van der Waals surface area contributed by atoms with Crippen LogP contribution >= 0.6 is 0 Å². The van der Waals surface area contributed by atoms with E-state index in [1.54, 1.807) is 19.2 Å². The summed E-state index contributed by atoms with van der Waals surface area (Å²) < 4.78 is 7.75. The first-order chi connectivity index (χ1) is 9.17. The van der Waals surface area contributed by atoms with Crippen LogP contribution in [0.4, 0.5) is 0 Å². The van der Waals surface area contributed by atoms with E-state index in [1.165, 1.54) is 8.87 Å². The zero-order chi connectivity index (χ0) is 13.4. The number of methoxy groups -OCH3 is 1. The average Bonchev–Trinajstić information content (AvgIpc) is 2.85. The zero-order valence-electron chi connectivity index (χ0n) is 10.7. The van der Waals surface area contributed by atoms with Crippen LogP contribution < -0.4 is 10.2 Å². The molecule has 2 heterocycles. The number of aryl methyl sites for hydroxylation is 1. The normalized spacial score (nSPS) is 10.8. The van der Waals surface area contributed by atoms with E-state index >= 15 is 0 Å². The molecule has 3 rings (SSSR count). The van der Waals surface area contributed by atoms with Crippen LogP contribution in [0.15, 0.2) is 41.2 Å². The number of fused-ring (bicyclic) bond motifs is 1. The third kappa shape index (κ3) is 2.25. The maximum absolute atomic E-state index is 12.2.